The zero-order valence-electron chi connectivity index (χ0n) is 16.4. The Labute approximate surface area is 178 Å². The van der Waals surface area contributed by atoms with Gasteiger partial charge in [0.05, 0.1) is 5.25 Å². The summed E-state index contributed by atoms with van der Waals surface area (Å²) in [5.41, 5.74) is 3.68. The monoisotopic (exact) mass is 424 g/mol. The molecule has 3 aromatic rings. The zero-order chi connectivity index (χ0) is 19.8. The van der Waals surface area contributed by atoms with Crippen LogP contribution in [0.25, 0.3) is 0 Å². The Kier molecular flexibility index (Phi) is 5.18. The Morgan fingerprint density at radius 1 is 1.28 bits per heavy atom. The van der Waals surface area contributed by atoms with Crippen molar-refractivity contribution in [3.8, 4) is 0 Å². The van der Waals surface area contributed by atoms with Gasteiger partial charge >= 0.3 is 0 Å². The van der Waals surface area contributed by atoms with Crippen molar-refractivity contribution >= 4 is 34.7 Å². The van der Waals surface area contributed by atoms with E-state index in [1.165, 1.54) is 47.0 Å². The van der Waals surface area contributed by atoms with Crippen LogP contribution in [-0.2, 0) is 24.1 Å². The van der Waals surface area contributed by atoms with E-state index in [1.807, 2.05) is 13.0 Å². The number of thiophene rings is 1. The van der Waals surface area contributed by atoms with Crippen LogP contribution in [-0.4, -0.2) is 25.9 Å². The zero-order valence-corrected chi connectivity index (χ0v) is 18.1. The molecule has 29 heavy (non-hydrogen) atoms. The third-order valence-corrected chi connectivity index (χ3v) is 7.51. The summed E-state index contributed by atoms with van der Waals surface area (Å²) in [5, 5.41) is 14.7. The standard InChI is InChI=1S/C22H24N4OS2/c1-14(21(27)23-17-8-7-15-4-2-5-16(15)12-17)29-22-25-24-20(26(22)18-9-10-18)13-19-6-3-11-28-19/h3,6-8,11-12,14,18H,2,4-5,9-10,13H2,1H3,(H,23,27)/t14-/m0/s1. The van der Waals surface area contributed by atoms with E-state index in [4.69, 9.17) is 0 Å². The number of nitrogens with one attached hydrogen (secondary N) is 1. The van der Waals surface area contributed by atoms with Crippen molar-refractivity contribution < 1.29 is 4.79 Å². The third kappa shape index (κ3) is 4.12. The number of rotatable bonds is 7. The minimum Gasteiger partial charge on any atom is -0.325 e. The lowest BCUT2D eigenvalue weighted by atomic mass is 10.1. The molecule has 5 rings (SSSR count). The fraction of sp³-hybridized carbons (Fsp3) is 0.409. The Balaban J connectivity index is 1.28. The van der Waals surface area contributed by atoms with Crippen LogP contribution < -0.4 is 5.32 Å². The van der Waals surface area contributed by atoms with Gasteiger partial charge < -0.3 is 9.88 Å². The average Bonchev–Trinajstić information content (AvgIpc) is 3.10. The first kappa shape index (κ1) is 18.9. The number of hydrogen-bond acceptors (Lipinski definition) is 5. The molecule has 1 aromatic carbocycles. The minimum atomic E-state index is -0.237. The fourth-order valence-corrected chi connectivity index (χ4v) is 5.52. The summed E-state index contributed by atoms with van der Waals surface area (Å²) in [4.78, 5) is 14.1. The second-order valence-corrected chi connectivity index (χ2v) is 10.2. The Bertz CT molecular complexity index is 1020. The first-order chi connectivity index (χ1) is 14.2. The molecule has 2 aromatic heterocycles. The highest BCUT2D eigenvalue weighted by Gasteiger charge is 2.31. The molecular formula is C22H24N4OS2. The highest BCUT2D eigenvalue weighted by atomic mass is 32.2. The number of benzene rings is 1. The van der Waals surface area contributed by atoms with Crippen molar-refractivity contribution in [3.63, 3.8) is 0 Å². The molecule has 1 saturated carbocycles. The number of amides is 1. The molecule has 0 radical (unpaired) electrons. The predicted molar refractivity (Wildman–Crippen MR) is 118 cm³/mol. The van der Waals surface area contributed by atoms with Crippen LogP contribution in [0, 0.1) is 0 Å². The number of carbonyl (C=O) groups excluding carboxylic acids is 1. The predicted octanol–water partition coefficient (Wildman–Crippen LogP) is 4.87. The van der Waals surface area contributed by atoms with E-state index < -0.39 is 0 Å². The van der Waals surface area contributed by atoms with E-state index in [2.05, 4.69) is 49.7 Å². The Morgan fingerprint density at radius 2 is 2.14 bits per heavy atom. The number of thioether (sulfide) groups is 1. The molecule has 5 nitrogen and oxygen atoms in total. The average molecular weight is 425 g/mol. The van der Waals surface area contributed by atoms with Gasteiger partial charge in [-0.1, -0.05) is 23.9 Å². The van der Waals surface area contributed by atoms with Gasteiger partial charge in [-0.15, -0.1) is 21.5 Å². The molecule has 0 unspecified atom stereocenters. The van der Waals surface area contributed by atoms with Gasteiger partial charge in [-0.2, -0.15) is 0 Å². The number of nitrogens with zero attached hydrogens (tertiary/aromatic N) is 3. The van der Waals surface area contributed by atoms with Crippen LogP contribution in [0.4, 0.5) is 5.69 Å². The normalized spacial score (nSPS) is 16.6. The molecule has 1 atom stereocenters. The summed E-state index contributed by atoms with van der Waals surface area (Å²) < 4.78 is 2.25. The van der Waals surface area contributed by atoms with Crippen molar-refractivity contribution in [1.29, 1.82) is 0 Å². The van der Waals surface area contributed by atoms with E-state index in [0.29, 0.717) is 6.04 Å². The van der Waals surface area contributed by atoms with Gasteiger partial charge in [0.2, 0.25) is 5.91 Å². The van der Waals surface area contributed by atoms with Crippen molar-refractivity contribution in [2.24, 2.45) is 0 Å². The minimum absolute atomic E-state index is 0.0121. The molecule has 0 saturated heterocycles. The van der Waals surface area contributed by atoms with Crippen LogP contribution >= 0.6 is 23.1 Å². The van der Waals surface area contributed by atoms with Gasteiger partial charge in [0.15, 0.2) is 5.16 Å². The molecule has 150 valence electrons. The van der Waals surface area contributed by atoms with Crippen molar-refractivity contribution in [2.75, 3.05) is 5.32 Å². The number of aromatic nitrogens is 3. The number of aryl methyl sites for hydroxylation is 2. The van der Waals surface area contributed by atoms with Crippen LogP contribution in [0.3, 0.4) is 0 Å². The largest absolute Gasteiger partial charge is 0.325 e. The lowest BCUT2D eigenvalue weighted by molar-refractivity contribution is -0.115. The lowest BCUT2D eigenvalue weighted by Crippen LogP contribution is -2.23. The van der Waals surface area contributed by atoms with E-state index in [0.717, 1.165) is 35.9 Å². The van der Waals surface area contributed by atoms with E-state index in [1.54, 1.807) is 11.3 Å². The van der Waals surface area contributed by atoms with Gasteiger partial charge in [0, 0.05) is 23.0 Å². The highest BCUT2D eigenvalue weighted by molar-refractivity contribution is 8.00. The first-order valence-electron chi connectivity index (χ1n) is 10.2. The molecule has 1 amide bonds. The number of anilines is 1. The topological polar surface area (TPSA) is 59.8 Å². The molecule has 0 spiro atoms. The van der Waals surface area contributed by atoms with Gasteiger partial charge in [-0.3, -0.25) is 4.79 Å². The Morgan fingerprint density at radius 3 is 2.93 bits per heavy atom. The number of carbonyl (C=O) groups is 1. The van der Waals surface area contributed by atoms with Crippen molar-refractivity contribution in [1.82, 2.24) is 14.8 Å². The summed E-state index contributed by atoms with van der Waals surface area (Å²) in [6.45, 7) is 1.94. The van der Waals surface area contributed by atoms with Gasteiger partial charge in [0.25, 0.3) is 0 Å². The summed E-state index contributed by atoms with van der Waals surface area (Å²) in [6, 6.07) is 11.0. The van der Waals surface area contributed by atoms with Crippen LogP contribution in [0.15, 0.2) is 40.9 Å². The lowest BCUT2D eigenvalue weighted by Gasteiger charge is -2.14. The first-order valence-corrected chi connectivity index (χ1v) is 12.0. The van der Waals surface area contributed by atoms with Gasteiger partial charge in [-0.05, 0) is 73.7 Å². The molecule has 1 N–H and O–H groups in total. The van der Waals surface area contributed by atoms with Crippen LogP contribution in [0.2, 0.25) is 0 Å². The summed E-state index contributed by atoms with van der Waals surface area (Å²) in [6.07, 6.45) is 6.61. The van der Waals surface area contributed by atoms with Crippen LogP contribution in [0.1, 0.15) is 54.1 Å². The van der Waals surface area contributed by atoms with E-state index in [9.17, 15) is 4.79 Å². The molecule has 2 aliphatic rings. The Hall–Kier alpha value is -2.12. The maximum atomic E-state index is 12.8. The molecule has 0 bridgehead atoms. The SMILES string of the molecule is C[C@H](Sc1nnc(Cc2cccs2)n1C1CC1)C(=O)Nc1ccc2c(c1)CCC2. The number of fused-ring (bicyclic) bond motifs is 1. The maximum Gasteiger partial charge on any atom is 0.237 e. The summed E-state index contributed by atoms with van der Waals surface area (Å²) in [5.74, 6) is 1.02. The van der Waals surface area contributed by atoms with Crippen molar-refractivity contribution in [3.05, 3.63) is 57.5 Å². The maximum absolute atomic E-state index is 12.8. The molecule has 0 aliphatic heterocycles. The summed E-state index contributed by atoms with van der Waals surface area (Å²) >= 11 is 3.25. The molecule has 2 heterocycles. The molecular weight excluding hydrogens is 400 g/mol. The number of hydrogen-bond donors (Lipinski definition) is 1. The smallest absolute Gasteiger partial charge is 0.237 e. The van der Waals surface area contributed by atoms with Crippen LogP contribution in [0.5, 0.6) is 0 Å². The fourth-order valence-electron chi connectivity index (χ4n) is 3.88. The quantitative estimate of drug-likeness (QED) is 0.550. The molecule has 2 aliphatic carbocycles. The summed E-state index contributed by atoms with van der Waals surface area (Å²) in [7, 11) is 0. The molecule has 1 fully saturated rings. The van der Waals surface area contributed by atoms with E-state index >= 15 is 0 Å². The van der Waals surface area contributed by atoms with Gasteiger partial charge in [-0.25, -0.2) is 0 Å². The van der Waals surface area contributed by atoms with E-state index in [-0.39, 0.29) is 11.2 Å². The van der Waals surface area contributed by atoms with Crippen molar-refractivity contribution in [2.45, 2.75) is 61.9 Å². The second-order valence-electron chi connectivity index (χ2n) is 7.84. The van der Waals surface area contributed by atoms with Gasteiger partial charge in [0.1, 0.15) is 5.82 Å². The highest BCUT2D eigenvalue weighted by Crippen LogP contribution is 2.40. The molecule has 7 heteroatoms. The third-order valence-electron chi connectivity index (χ3n) is 5.58. The second kappa shape index (κ2) is 7.95.